The Labute approximate surface area is 82.1 Å². The molecule has 0 radical (unpaired) electrons. The van der Waals surface area contributed by atoms with Gasteiger partial charge in [-0.1, -0.05) is 26.8 Å². The first-order valence-electron chi connectivity index (χ1n) is 4.63. The Bertz CT molecular complexity index is 466. The number of nitrogens with zero attached hydrogens (tertiary/aromatic N) is 1. The lowest BCUT2D eigenvalue weighted by Gasteiger charge is -2.15. The molecule has 0 atom stereocenters. The summed E-state index contributed by atoms with van der Waals surface area (Å²) in [6.45, 7) is 6.07. The van der Waals surface area contributed by atoms with Gasteiger partial charge in [-0.3, -0.25) is 5.10 Å². The fourth-order valence-corrected chi connectivity index (χ4v) is 1.57. The lowest BCUT2D eigenvalue weighted by Crippen LogP contribution is -2.12. The number of benzene rings is 1. The van der Waals surface area contributed by atoms with Crippen molar-refractivity contribution in [3.63, 3.8) is 0 Å². The molecular formula is C11H13FN2. The number of rotatable bonds is 0. The van der Waals surface area contributed by atoms with Crippen LogP contribution < -0.4 is 0 Å². The normalized spacial score (nSPS) is 12.3. The second-order valence-corrected chi connectivity index (χ2v) is 4.48. The standard InChI is InChI=1S/C11H13FN2/c1-11(2,3)10-9-7(12)5-4-6-8(9)13-14-10/h4-6H,1-3H3,(H,13,14). The molecule has 2 rings (SSSR count). The zero-order valence-corrected chi connectivity index (χ0v) is 8.56. The van der Waals surface area contributed by atoms with Crippen molar-refractivity contribution in [1.29, 1.82) is 0 Å². The van der Waals surface area contributed by atoms with Crippen LogP contribution in [0.1, 0.15) is 26.5 Å². The van der Waals surface area contributed by atoms with Crippen LogP contribution in [-0.4, -0.2) is 10.2 Å². The number of nitrogens with one attached hydrogen (secondary N) is 1. The van der Waals surface area contributed by atoms with Crippen LogP contribution in [0.5, 0.6) is 0 Å². The third kappa shape index (κ3) is 1.29. The second kappa shape index (κ2) is 2.80. The summed E-state index contributed by atoms with van der Waals surface area (Å²) in [5.41, 5.74) is 1.40. The highest BCUT2D eigenvalue weighted by atomic mass is 19.1. The van der Waals surface area contributed by atoms with E-state index in [1.807, 2.05) is 26.8 Å². The molecule has 0 bridgehead atoms. The molecule has 0 saturated heterocycles. The molecule has 0 fully saturated rings. The summed E-state index contributed by atoms with van der Waals surface area (Å²) < 4.78 is 13.6. The summed E-state index contributed by atoms with van der Waals surface area (Å²) in [5, 5.41) is 7.62. The van der Waals surface area contributed by atoms with Crippen molar-refractivity contribution in [2.24, 2.45) is 0 Å². The van der Waals surface area contributed by atoms with Crippen LogP contribution in [-0.2, 0) is 5.41 Å². The number of aromatic nitrogens is 2. The predicted octanol–water partition coefficient (Wildman–Crippen LogP) is 3.00. The van der Waals surface area contributed by atoms with Crippen LogP contribution in [0.25, 0.3) is 10.9 Å². The van der Waals surface area contributed by atoms with Crippen LogP contribution in [0.3, 0.4) is 0 Å². The first-order chi connectivity index (χ1) is 6.50. The summed E-state index contributed by atoms with van der Waals surface area (Å²) >= 11 is 0. The van der Waals surface area contributed by atoms with Gasteiger partial charge in [0.2, 0.25) is 0 Å². The van der Waals surface area contributed by atoms with E-state index in [1.165, 1.54) is 6.07 Å². The Morgan fingerprint density at radius 1 is 1.29 bits per heavy atom. The van der Waals surface area contributed by atoms with Gasteiger partial charge in [0.25, 0.3) is 0 Å². The van der Waals surface area contributed by atoms with Crippen LogP contribution in [0.15, 0.2) is 18.2 Å². The van der Waals surface area contributed by atoms with Gasteiger partial charge in [-0.05, 0) is 12.1 Å². The average molecular weight is 192 g/mol. The van der Waals surface area contributed by atoms with Crippen molar-refractivity contribution in [2.45, 2.75) is 26.2 Å². The van der Waals surface area contributed by atoms with E-state index in [-0.39, 0.29) is 11.2 Å². The maximum absolute atomic E-state index is 13.6. The molecular weight excluding hydrogens is 179 g/mol. The molecule has 1 aromatic carbocycles. The summed E-state index contributed by atoms with van der Waals surface area (Å²) in [5.74, 6) is -0.207. The van der Waals surface area contributed by atoms with Crippen molar-refractivity contribution in [1.82, 2.24) is 10.2 Å². The van der Waals surface area contributed by atoms with Gasteiger partial charge in [0.15, 0.2) is 0 Å². The lowest BCUT2D eigenvalue weighted by molar-refractivity contribution is 0.565. The SMILES string of the molecule is CC(C)(C)c1n[nH]c2cccc(F)c12. The van der Waals surface area contributed by atoms with E-state index in [1.54, 1.807) is 6.07 Å². The molecule has 1 heterocycles. The largest absolute Gasteiger partial charge is 0.277 e. The van der Waals surface area contributed by atoms with Gasteiger partial charge in [0.05, 0.1) is 16.6 Å². The highest BCUT2D eigenvalue weighted by Crippen LogP contribution is 2.29. The molecule has 74 valence electrons. The molecule has 0 unspecified atom stereocenters. The molecule has 1 N–H and O–H groups in total. The maximum Gasteiger partial charge on any atom is 0.134 e. The Morgan fingerprint density at radius 2 is 2.00 bits per heavy atom. The Balaban J connectivity index is 2.80. The number of halogens is 1. The number of aromatic amines is 1. The van der Waals surface area contributed by atoms with Crippen LogP contribution >= 0.6 is 0 Å². The van der Waals surface area contributed by atoms with Crippen molar-refractivity contribution in [2.75, 3.05) is 0 Å². The molecule has 1 aromatic heterocycles. The Kier molecular flexibility index (Phi) is 1.84. The molecule has 0 aliphatic carbocycles. The highest BCUT2D eigenvalue weighted by Gasteiger charge is 2.22. The van der Waals surface area contributed by atoms with Crippen LogP contribution in [0.4, 0.5) is 4.39 Å². The summed E-state index contributed by atoms with van der Waals surface area (Å²) in [7, 11) is 0. The molecule has 0 saturated carbocycles. The minimum absolute atomic E-state index is 0.138. The average Bonchev–Trinajstić information content (AvgIpc) is 2.47. The molecule has 14 heavy (non-hydrogen) atoms. The topological polar surface area (TPSA) is 28.7 Å². The van der Waals surface area contributed by atoms with Gasteiger partial charge >= 0.3 is 0 Å². The first-order valence-corrected chi connectivity index (χ1v) is 4.63. The Hall–Kier alpha value is -1.38. The fraction of sp³-hybridized carbons (Fsp3) is 0.364. The number of H-pyrrole nitrogens is 1. The summed E-state index contributed by atoms with van der Waals surface area (Å²) in [6.07, 6.45) is 0. The van der Waals surface area contributed by atoms with Crippen molar-refractivity contribution in [3.8, 4) is 0 Å². The van der Waals surface area contributed by atoms with E-state index in [4.69, 9.17) is 0 Å². The second-order valence-electron chi connectivity index (χ2n) is 4.48. The zero-order chi connectivity index (χ0) is 10.3. The van der Waals surface area contributed by atoms with E-state index in [2.05, 4.69) is 10.2 Å². The summed E-state index contributed by atoms with van der Waals surface area (Å²) in [6, 6.07) is 4.98. The molecule has 0 aliphatic rings. The van der Waals surface area contributed by atoms with E-state index in [0.29, 0.717) is 5.39 Å². The first kappa shape index (κ1) is 9.19. The molecule has 0 spiro atoms. The van der Waals surface area contributed by atoms with Gasteiger partial charge in [-0.2, -0.15) is 5.10 Å². The van der Waals surface area contributed by atoms with Gasteiger partial charge < -0.3 is 0 Å². The van der Waals surface area contributed by atoms with Gasteiger partial charge in [-0.15, -0.1) is 0 Å². The van der Waals surface area contributed by atoms with Crippen LogP contribution in [0.2, 0.25) is 0 Å². The van der Waals surface area contributed by atoms with Crippen LogP contribution in [0, 0.1) is 5.82 Å². The number of fused-ring (bicyclic) bond motifs is 1. The number of hydrogen-bond acceptors (Lipinski definition) is 1. The minimum atomic E-state index is -0.207. The highest BCUT2D eigenvalue weighted by molar-refractivity contribution is 5.82. The third-order valence-corrected chi connectivity index (χ3v) is 2.25. The quantitative estimate of drug-likeness (QED) is 0.683. The van der Waals surface area contributed by atoms with Gasteiger partial charge in [0.1, 0.15) is 5.82 Å². The molecule has 2 nitrogen and oxygen atoms in total. The van der Waals surface area contributed by atoms with E-state index < -0.39 is 0 Å². The smallest absolute Gasteiger partial charge is 0.134 e. The molecule has 0 aliphatic heterocycles. The van der Waals surface area contributed by atoms with Gasteiger partial charge in [0, 0.05) is 5.41 Å². The van der Waals surface area contributed by atoms with Crippen molar-refractivity contribution in [3.05, 3.63) is 29.7 Å². The van der Waals surface area contributed by atoms with Crippen molar-refractivity contribution < 1.29 is 4.39 Å². The lowest BCUT2D eigenvalue weighted by atomic mass is 9.90. The molecule has 3 heteroatoms. The maximum atomic E-state index is 13.6. The summed E-state index contributed by atoms with van der Waals surface area (Å²) in [4.78, 5) is 0. The minimum Gasteiger partial charge on any atom is -0.277 e. The van der Waals surface area contributed by atoms with E-state index >= 15 is 0 Å². The zero-order valence-electron chi connectivity index (χ0n) is 8.56. The third-order valence-electron chi connectivity index (χ3n) is 2.25. The molecule has 0 amide bonds. The number of hydrogen-bond donors (Lipinski definition) is 1. The van der Waals surface area contributed by atoms with E-state index in [9.17, 15) is 4.39 Å². The monoisotopic (exact) mass is 192 g/mol. The Morgan fingerprint density at radius 3 is 2.64 bits per heavy atom. The van der Waals surface area contributed by atoms with Crippen molar-refractivity contribution >= 4 is 10.9 Å². The van der Waals surface area contributed by atoms with Gasteiger partial charge in [-0.25, -0.2) is 4.39 Å². The van der Waals surface area contributed by atoms with E-state index in [0.717, 1.165) is 11.2 Å². The predicted molar refractivity (Wildman–Crippen MR) is 54.8 cm³/mol. The molecule has 2 aromatic rings. The fourth-order valence-electron chi connectivity index (χ4n) is 1.57.